The molecule has 0 spiro atoms. The van der Waals surface area contributed by atoms with E-state index in [0.29, 0.717) is 11.8 Å². The number of nitrogens with zero attached hydrogens (tertiary/aromatic N) is 1. The van der Waals surface area contributed by atoms with Gasteiger partial charge in [0.2, 0.25) is 0 Å². The lowest BCUT2D eigenvalue weighted by Crippen LogP contribution is -2.14. The first-order chi connectivity index (χ1) is 8.28. The minimum Gasteiger partial charge on any atom is -0.266 e. The van der Waals surface area contributed by atoms with Gasteiger partial charge >= 0.3 is 0 Å². The van der Waals surface area contributed by atoms with E-state index in [9.17, 15) is 0 Å². The molecule has 92 valence electrons. The van der Waals surface area contributed by atoms with Gasteiger partial charge in [0.25, 0.3) is 0 Å². The molecule has 0 saturated heterocycles. The summed E-state index contributed by atoms with van der Waals surface area (Å²) in [5.41, 5.74) is 1.11. The Bertz CT molecular complexity index is 364. The van der Waals surface area contributed by atoms with Crippen molar-refractivity contribution in [2.75, 3.05) is 6.26 Å². The van der Waals surface area contributed by atoms with Gasteiger partial charge in [0.1, 0.15) is 0 Å². The Labute approximate surface area is 109 Å². The lowest BCUT2D eigenvalue weighted by atomic mass is 9.88. The van der Waals surface area contributed by atoms with Crippen LogP contribution in [0.4, 0.5) is 0 Å². The van der Waals surface area contributed by atoms with Crippen molar-refractivity contribution < 1.29 is 0 Å². The molecule has 1 heterocycles. The standard InChI is InChI=1S/C15H21NS/c1-12-11-14(9-10-16-12)4-3-13-5-7-15(17-2)8-6-13/h10-11,13-15H,5-9H2,1-2H3. The van der Waals surface area contributed by atoms with Crippen LogP contribution in [-0.4, -0.2) is 17.7 Å². The number of hydrogen-bond donors (Lipinski definition) is 0. The van der Waals surface area contributed by atoms with E-state index in [1.54, 1.807) is 0 Å². The smallest absolute Gasteiger partial charge is 0.0452 e. The highest BCUT2D eigenvalue weighted by Crippen LogP contribution is 2.30. The molecular formula is C15H21NS. The first-order valence-corrected chi connectivity index (χ1v) is 7.81. The maximum absolute atomic E-state index is 4.26. The molecule has 2 aliphatic rings. The third kappa shape index (κ3) is 3.92. The van der Waals surface area contributed by atoms with Crippen molar-refractivity contribution in [3.8, 4) is 11.8 Å². The van der Waals surface area contributed by atoms with Crippen molar-refractivity contribution in [2.24, 2.45) is 16.8 Å². The van der Waals surface area contributed by atoms with E-state index in [-0.39, 0.29) is 0 Å². The van der Waals surface area contributed by atoms with Gasteiger partial charge in [-0.25, -0.2) is 0 Å². The monoisotopic (exact) mass is 247 g/mol. The van der Waals surface area contributed by atoms with Crippen molar-refractivity contribution in [1.82, 2.24) is 0 Å². The first kappa shape index (κ1) is 12.8. The van der Waals surface area contributed by atoms with Gasteiger partial charge in [-0.15, -0.1) is 0 Å². The average molecular weight is 247 g/mol. The molecule has 0 aromatic heterocycles. The minimum absolute atomic E-state index is 0.408. The van der Waals surface area contributed by atoms with E-state index in [1.807, 2.05) is 24.9 Å². The van der Waals surface area contributed by atoms with Gasteiger partial charge in [-0.1, -0.05) is 11.8 Å². The van der Waals surface area contributed by atoms with Gasteiger partial charge in [-0.2, -0.15) is 11.8 Å². The molecule has 1 saturated carbocycles. The van der Waals surface area contributed by atoms with Crippen LogP contribution in [0.5, 0.6) is 0 Å². The second-order valence-corrected chi connectivity index (χ2v) is 6.10. The summed E-state index contributed by atoms with van der Waals surface area (Å²) in [4.78, 5) is 4.26. The highest BCUT2D eigenvalue weighted by Gasteiger charge is 2.18. The van der Waals surface area contributed by atoms with Crippen LogP contribution in [0.2, 0.25) is 0 Å². The third-order valence-corrected chi connectivity index (χ3v) is 4.72. The molecule has 1 aliphatic heterocycles. The average Bonchev–Trinajstić information content (AvgIpc) is 2.37. The minimum atomic E-state index is 0.408. The van der Waals surface area contributed by atoms with Gasteiger partial charge in [-0.05, 0) is 44.9 Å². The van der Waals surface area contributed by atoms with E-state index in [4.69, 9.17) is 0 Å². The van der Waals surface area contributed by atoms with Crippen molar-refractivity contribution in [1.29, 1.82) is 0 Å². The molecule has 1 atom stereocenters. The Hall–Kier alpha value is -0.680. The summed E-state index contributed by atoms with van der Waals surface area (Å²) in [6.45, 7) is 2.05. The Morgan fingerprint density at radius 1 is 1.24 bits per heavy atom. The van der Waals surface area contributed by atoms with Crippen LogP contribution in [0.1, 0.15) is 39.0 Å². The molecule has 0 aromatic rings. The van der Waals surface area contributed by atoms with E-state index in [2.05, 4.69) is 29.2 Å². The molecule has 0 N–H and O–H groups in total. The Morgan fingerprint density at radius 2 is 2.00 bits per heavy atom. The molecule has 2 heteroatoms. The van der Waals surface area contributed by atoms with E-state index >= 15 is 0 Å². The van der Waals surface area contributed by atoms with Crippen LogP contribution in [0.3, 0.4) is 0 Å². The topological polar surface area (TPSA) is 12.4 Å². The molecule has 1 aliphatic carbocycles. The summed E-state index contributed by atoms with van der Waals surface area (Å²) >= 11 is 2.02. The van der Waals surface area contributed by atoms with Gasteiger partial charge < -0.3 is 0 Å². The number of rotatable bonds is 1. The number of thioether (sulfide) groups is 1. The quantitative estimate of drug-likeness (QED) is 0.640. The maximum atomic E-state index is 4.26. The second kappa shape index (κ2) is 6.31. The van der Waals surface area contributed by atoms with Gasteiger partial charge in [-0.3, -0.25) is 4.99 Å². The molecule has 0 bridgehead atoms. The molecule has 0 radical (unpaired) electrons. The largest absolute Gasteiger partial charge is 0.266 e. The fourth-order valence-electron chi connectivity index (χ4n) is 2.48. The molecular weight excluding hydrogens is 226 g/mol. The second-order valence-electron chi connectivity index (χ2n) is 4.96. The van der Waals surface area contributed by atoms with Crippen molar-refractivity contribution >= 4 is 18.0 Å². The zero-order valence-electron chi connectivity index (χ0n) is 10.8. The third-order valence-electron chi connectivity index (χ3n) is 3.58. The van der Waals surface area contributed by atoms with Crippen LogP contribution >= 0.6 is 11.8 Å². The van der Waals surface area contributed by atoms with Gasteiger partial charge in [0.05, 0.1) is 0 Å². The number of allylic oxidation sites excluding steroid dienone is 2. The Morgan fingerprint density at radius 3 is 2.65 bits per heavy atom. The van der Waals surface area contributed by atoms with E-state index in [0.717, 1.165) is 17.4 Å². The zero-order valence-corrected chi connectivity index (χ0v) is 11.6. The van der Waals surface area contributed by atoms with Crippen molar-refractivity contribution in [3.63, 3.8) is 0 Å². The van der Waals surface area contributed by atoms with Gasteiger partial charge in [0.15, 0.2) is 0 Å². The van der Waals surface area contributed by atoms with E-state index in [1.165, 1.54) is 25.7 Å². The van der Waals surface area contributed by atoms with Crippen LogP contribution in [0.15, 0.2) is 16.8 Å². The fraction of sp³-hybridized carbons (Fsp3) is 0.667. The summed E-state index contributed by atoms with van der Waals surface area (Å²) in [6.07, 6.45) is 12.7. The summed E-state index contributed by atoms with van der Waals surface area (Å²) in [7, 11) is 0. The Kier molecular flexibility index (Phi) is 4.74. The maximum Gasteiger partial charge on any atom is 0.0452 e. The van der Waals surface area contributed by atoms with Crippen LogP contribution in [0.25, 0.3) is 0 Å². The predicted octanol–water partition coefficient (Wildman–Crippen LogP) is 3.91. The molecule has 1 unspecified atom stereocenters. The van der Waals surface area contributed by atoms with Crippen molar-refractivity contribution in [2.45, 2.75) is 44.3 Å². The Balaban J connectivity index is 1.84. The lowest BCUT2D eigenvalue weighted by molar-refractivity contribution is 0.439. The highest BCUT2D eigenvalue weighted by molar-refractivity contribution is 7.99. The van der Waals surface area contributed by atoms with Crippen LogP contribution in [0, 0.1) is 23.7 Å². The molecule has 0 aromatic carbocycles. The SMILES string of the molecule is CSC1CCC(C#CC2C=C(C)N=CC2)CC1. The molecule has 1 fully saturated rings. The molecule has 0 amide bonds. The lowest BCUT2D eigenvalue weighted by Gasteiger charge is -2.24. The highest BCUT2D eigenvalue weighted by atomic mass is 32.2. The van der Waals surface area contributed by atoms with Crippen LogP contribution < -0.4 is 0 Å². The summed E-state index contributed by atoms with van der Waals surface area (Å²) in [5.74, 6) is 7.97. The summed E-state index contributed by atoms with van der Waals surface area (Å²) in [6, 6.07) is 0. The fourth-order valence-corrected chi connectivity index (χ4v) is 3.22. The summed E-state index contributed by atoms with van der Waals surface area (Å²) in [5, 5.41) is 0.886. The molecule has 2 rings (SSSR count). The number of aliphatic imine (C=N–C) groups is 1. The zero-order chi connectivity index (χ0) is 12.1. The first-order valence-electron chi connectivity index (χ1n) is 6.52. The molecule has 17 heavy (non-hydrogen) atoms. The number of hydrogen-bond acceptors (Lipinski definition) is 2. The molecule has 1 nitrogen and oxygen atoms in total. The summed E-state index contributed by atoms with van der Waals surface area (Å²) < 4.78 is 0. The van der Waals surface area contributed by atoms with Crippen LogP contribution in [-0.2, 0) is 0 Å². The van der Waals surface area contributed by atoms with Gasteiger partial charge in [0, 0.05) is 35.4 Å². The predicted molar refractivity (Wildman–Crippen MR) is 77.4 cm³/mol. The van der Waals surface area contributed by atoms with Crippen molar-refractivity contribution in [3.05, 3.63) is 11.8 Å². The normalized spacial score (nSPS) is 32.6. The van der Waals surface area contributed by atoms with E-state index < -0.39 is 0 Å².